The number of hydrogen-bond acceptors (Lipinski definition) is 6. The van der Waals surface area contributed by atoms with E-state index in [9.17, 15) is 4.79 Å². The average molecular weight is 358 g/mol. The van der Waals surface area contributed by atoms with Crippen molar-refractivity contribution in [3.05, 3.63) is 35.5 Å². The number of nitrogens with zero attached hydrogens (tertiary/aromatic N) is 3. The molecule has 0 aliphatic heterocycles. The molecule has 2 aliphatic rings. The molecule has 2 unspecified atom stereocenters. The van der Waals surface area contributed by atoms with Crippen LogP contribution in [0.15, 0.2) is 28.0 Å². The minimum atomic E-state index is -0.0708. The molecule has 6 nitrogen and oxygen atoms in total. The van der Waals surface area contributed by atoms with Crippen molar-refractivity contribution in [1.82, 2.24) is 20.5 Å². The van der Waals surface area contributed by atoms with Crippen molar-refractivity contribution in [3.63, 3.8) is 0 Å². The highest BCUT2D eigenvalue weighted by Gasteiger charge is 2.61. The van der Waals surface area contributed by atoms with Gasteiger partial charge >= 0.3 is 0 Å². The molecular weight excluding hydrogens is 336 g/mol. The van der Waals surface area contributed by atoms with E-state index in [-0.39, 0.29) is 22.5 Å². The molecule has 1 saturated carbocycles. The predicted molar refractivity (Wildman–Crippen MR) is 94.2 cm³/mol. The number of fused-ring (bicyclic) bond motifs is 5. The van der Waals surface area contributed by atoms with Gasteiger partial charge in [-0.25, -0.2) is 4.98 Å². The van der Waals surface area contributed by atoms with Crippen LogP contribution >= 0.6 is 11.8 Å². The molecule has 1 N–H and O–H groups in total. The lowest BCUT2D eigenvalue weighted by molar-refractivity contribution is -0.118. The van der Waals surface area contributed by atoms with Crippen molar-refractivity contribution in [2.45, 2.75) is 56.6 Å². The van der Waals surface area contributed by atoms with E-state index < -0.39 is 0 Å². The number of carbonyl (C=O) groups is 1. The first-order valence-corrected chi connectivity index (χ1v) is 9.57. The molecule has 1 amide bonds. The van der Waals surface area contributed by atoms with E-state index in [2.05, 4.69) is 36.3 Å². The van der Waals surface area contributed by atoms with Gasteiger partial charge in [0, 0.05) is 11.3 Å². The molecule has 2 aliphatic carbocycles. The van der Waals surface area contributed by atoms with Gasteiger partial charge in [-0.2, -0.15) is 5.10 Å². The number of thioether (sulfide) groups is 1. The molecule has 0 saturated heterocycles. The van der Waals surface area contributed by atoms with Crippen molar-refractivity contribution in [2.75, 3.05) is 5.75 Å². The number of furan rings is 1. The maximum Gasteiger partial charge on any atom is 0.230 e. The van der Waals surface area contributed by atoms with E-state index in [4.69, 9.17) is 9.40 Å². The third kappa shape index (κ3) is 2.56. The molecule has 132 valence electrons. The van der Waals surface area contributed by atoms with E-state index in [1.54, 1.807) is 12.3 Å². The van der Waals surface area contributed by atoms with Gasteiger partial charge in [0.1, 0.15) is 5.76 Å². The fourth-order valence-corrected chi connectivity index (χ4v) is 4.82. The molecule has 2 bridgehead atoms. The van der Waals surface area contributed by atoms with E-state index >= 15 is 0 Å². The Hall–Kier alpha value is -1.89. The summed E-state index contributed by atoms with van der Waals surface area (Å²) in [4.78, 5) is 16.8. The van der Waals surface area contributed by atoms with Crippen LogP contribution in [0.25, 0.3) is 0 Å². The summed E-state index contributed by atoms with van der Waals surface area (Å²) in [6, 6.07) is 3.63. The minimum Gasteiger partial charge on any atom is -0.467 e. The van der Waals surface area contributed by atoms with Gasteiger partial charge in [-0.15, -0.1) is 5.10 Å². The number of aromatic nitrogens is 3. The lowest BCUT2D eigenvalue weighted by Gasteiger charge is -2.33. The molecule has 0 radical (unpaired) electrons. The Kier molecular flexibility index (Phi) is 3.86. The number of hydrogen-bond donors (Lipinski definition) is 1. The molecule has 7 heteroatoms. The van der Waals surface area contributed by atoms with Crippen molar-refractivity contribution >= 4 is 17.7 Å². The predicted octanol–water partition coefficient (Wildman–Crippen LogP) is 3.05. The second-order valence-electron chi connectivity index (χ2n) is 7.62. The monoisotopic (exact) mass is 358 g/mol. The summed E-state index contributed by atoms with van der Waals surface area (Å²) >= 11 is 1.33. The summed E-state index contributed by atoms with van der Waals surface area (Å²) in [7, 11) is 0. The van der Waals surface area contributed by atoms with Crippen LogP contribution in [0.3, 0.4) is 0 Å². The number of rotatable bonds is 5. The highest BCUT2D eigenvalue weighted by molar-refractivity contribution is 7.99. The van der Waals surface area contributed by atoms with Gasteiger partial charge in [0.15, 0.2) is 0 Å². The van der Waals surface area contributed by atoms with Crippen LogP contribution in [-0.2, 0) is 16.8 Å². The molecule has 2 heterocycles. The normalized spacial score (nSPS) is 25.8. The summed E-state index contributed by atoms with van der Waals surface area (Å²) in [5.41, 5.74) is 2.37. The maximum absolute atomic E-state index is 12.0. The van der Waals surface area contributed by atoms with Gasteiger partial charge in [0.2, 0.25) is 11.1 Å². The Morgan fingerprint density at radius 3 is 3.00 bits per heavy atom. The summed E-state index contributed by atoms with van der Waals surface area (Å²) < 4.78 is 5.20. The van der Waals surface area contributed by atoms with E-state index in [0.29, 0.717) is 17.6 Å². The zero-order valence-electron chi connectivity index (χ0n) is 14.7. The first kappa shape index (κ1) is 16.6. The molecule has 1 fully saturated rings. The summed E-state index contributed by atoms with van der Waals surface area (Å²) in [5.74, 6) is 1.38. The summed E-state index contributed by atoms with van der Waals surface area (Å²) in [6.45, 7) is 7.30. The first-order chi connectivity index (χ1) is 11.9. The van der Waals surface area contributed by atoms with Crippen LogP contribution in [0.2, 0.25) is 0 Å². The van der Waals surface area contributed by atoms with Gasteiger partial charge in [-0.05, 0) is 30.4 Å². The van der Waals surface area contributed by atoms with Crippen molar-refractivity contribution in [3.8, 4) is 0 Å². The highest BCUT2D eigenvalue weighted by Crippen LogP contribution is 2.66. The molecular formula is C18H22N4O2S. The fraction of sp³-hybridized carbons (Fsp3) is 0.556. The molecule has 2 aromatic heterocycles. The van der Waals surface area contributed by atoms with Crippen LogP contribution in [0.1, 0.15) is 56.7 Å². The maximum atomic E-state index is 12.0. The molecule has 25 heavy (non-hydrogen) atoms. The largest absolute Gasteiger partial charge is 0.467 e. The molecule has 0 aromatic carbocycles. The van der Waals surface area contributed by atoms with Crippen molar-refractivity contribution < 1.29 is 9.21 Å². The van der Waals surface area contributed by atoms with E-state index in [1.165, 1.54) is 11.8 Å². The standard InChI is InChI=1S/C18H22N4O2S/c1-17(2)12-6-7-18(17,3)15-14(12)21-22-16(20-15)25-10-13(23)19-9-11-5-4-8-24-11/h4-5,8,12H,6-7,9-10H2,1-3H3,(H,19,23). The Labute approximate surface area is 151 Å². The lowest BCUT2D eigenvalue weighted by atomic mass is 9.70. The highest BCUT2D eigenvalue weighted by atomic mass is 32.2. The SMILES string of the molecule is CC12CCC(c3nnc(SCC(=O)NCc4ccco4)nc31)C2(C)C. The Bertz CT molecular complexity index is 805. The molecule has 0 spiro atoms. The van der Waals surface area contributed by atoms with Crippen LogP contribution in [0.5, 0.6) is 0 Å². The second kappa shape index (κ2) is 5.83. The van der Waals surface area contributed by atoms with Crippen molar-refractivity contribution in [2.24, 2.45) is 5.41 Å². The molecule has 2 aromatic rings. The minimum absolute atomic E-state index is 0.0554. The lowest BCUT2D eigenvalue weighted by Crippen LogP contribution is -2.32. The van der Waals surface area contributed by atoms with Crippen LogP contribution < -0.4 is 5.32 Å². The number of nitrogens with one attached hydrogen (secondary N) is 1. The Morgan fingerprint density at radius 1 is 1.40 bits per heavy atom. The molecule has 4 rings (SSSR count). The van der Waals surface area contributed by atoms with Crippen molar-refractivity contribution in [1.29, 1.82) is 0 Å². The van der Waals surface area contributed by atoms with Gasteiger partial charge in [0.25, 0.3) is 0 Å². The van der Waals surface area contributed by atoms with Crippen LogP contribution in [0.4, 0.5) is 0 Å². The second-order valence-corrected chi connectivity index (χ2v) is 8.56. The zero-order chi connectivity index (χ0) is 17.7. The number of amides is 1. The topological polar surface area (TPSA) is 80.9 Å². The van der Waals surface area contributed by atoms with Crippen LogP contribution in [0, 0.1) is 5.41 Å². The average Bonchev–Trinajstić information content (AvgIpc) is 3.23. The summed E-state index contributed by atoms with van der Waals surface area (Å²) in [5, 5.41) is 12.1. The van der Waals surface area contributed by atoms with Gasteiger partial charge < -0.3 is 9.73 Å². The molecule has 2 atom stereocenters. The van der Waals surface area contributed by atoms with E-state index in [1.807, 2.05) is 6.07 Å². The number of carbonyl (C=O) groups excluding carboxylic acids is 1. The summed E-state index contributed by atoms with van der Waals surface area (Å²) in [6.07, 6.45) is 3.90. The Morgan fingerprint density at radius 2 is 2.24 bits per heavy atom. The third-order valence-electron chi connectivity index (χ3n) is 6.14. The first-order valence-electron chi connectivity index (χ1n) is 8.59. The van der Waals surface area contributed by atoms with Gasteiger partial charge in [-0.1, -0.05) is 32.5 Å². The van der Waals surface area contributed by atoms with E-state index in [0.717, 1.165) is 30.0 Å². The zero-order valence-corrected chi connectivity index (χ0v) is 15.5. The van der Waals surface area contributed by atoms with Gasteiger partial charge in [0.05, 0.1) is 29.9 Å². The van der Waals surface area contributed by atoms with Gasteiger partial charge in [-0.3, -0.25) is 4.79 Å². The van der Waals surface area contributed by atoms with Crippen LogP contribution in [-0.4, -0.2) is 26.8 Å². The Balaban J connectivity index is 1.41. The fourth-order valence-electron chi connectivity index (χ4n) is 4.20. The third-order valence-corrected chi connectivity index (χ3v) is 6.98. The smallest absolute Gasteiger partial charge is 0.230 e. The quantitative estimate of drug-likeness (QED) is 0.828.